The Morgan fingerprint density at radius 1 is 1.13 bits per heavy atom. The molecule has 1 nitrogen and oxygen atoms in total. The lowest BCUT2D eigenvalue weighted by Crippen LogP contribution is -2.07. The largest absolute Gasteiger partial charge is 0.398 e. The van der Waals surface area contributed by atoms with E-state index in [1.165, 1.54) is 6.92 Å². The van der Waals surface area contributed by atoms with Gasteiger partial charge in [0, 0.05) is 10.2 Å². The second-order valence-corrected chi connectivity index (χ2v) is 6.37. The Bertz CT molecular complexity index is 403. The van der Waals surface area contributed by atoms with Gasteiger partial charge in [-0.3, -0.25) is 0 Å². The highest BCUT2D eigenvalue weighted by Gasteiger charge is 2.65. The summed E-state index contributed by atoms with van der Waals surface area (Å²) in [5.41, 5.74) is 5.30. The minimum atomic E-state index is -9.61. The van der Waals surface area contributed by atoms with E-state index >= 15 is 0 Å². The number of hydrogen-bond acceptors (Lipinski definition) is 1. The van der Waals surface area contributed by atoms with Crippen LogP contribution in [0.4, 0.5) is 25.1 Å². The molecule has 0 aromatic heterocycles. The van der Waals surface area contributed by atoms with E-state index in [4.69, 9.17) is 5.73 Å². The van der Waals surface area contributed by atoms with Crippen molar-refractivity contribution < 1.29 is 19.4 Å². The Morgan fingerprint density at radius 2 is 1.60 bits per heavy atom. The Labute approximate surface area is 91.3 Å². The van der Waals surface area contributed by atoms with Crippen molar-refractivity contribution in [3.63, 3.8) is 0 Å². The van der Waals surface area contributed by atoms with Gasteiger partial charge in [-0.15, -0.1) is 0 Å². The fourth-order valence-electron chi connectivity index (χ4n) is 0.947. The molecule has 1 rings (SSSR count). The van der Waals surface area contributed by atoms with Crippen LogP contribution in [0.3, 0.4) is 0 Å². The zero-order valence-corrected chi connectivity index (χ0v) is 9.81. The summed E-state index contributed by atoms with van der Waals surface area (Å²) in [5, 5.41) is 0. The van der Waals surface area contributed by atoms with E-state index in [1.807, 2.05) is 0 Å². The molecule has 1 aromatic rings. The van der Waals surface area contributed by atoms with Gasteiger partial charge in [-0.2, -0.15) is 0 Å². The van der Waals surface area contributed by atoms with Crippen LogP contribution in [-0.2, 0) is 0 Å². The zero-order valence-electron chi connectivity index (χ0n) is 7.41. The van der Waals surface area contributed by atoms with Crippen molar-refractivity contribution in [2.24, 2.45) is 0 Å². The lowest BCUT2D eigenvalue weighted by molar-refractivity contribution is 0.364. The monoisotopic (exact) mass is 311 g/mol. The molecule has 2 N–H and O–H groups in total. The first kappa shape index (κ1) is 12.6. The van der Waals surface area contributed by atoms with Gasteiger partial charge in [0.1, 0.15) is 4.90 Å². The van der Waals surface area contributed by atoms with Gasteiger partial charge >= 0.3 is 10.2 Å². The average molecular weight is 312 g/mol. The molecule has 0 aliphatic rings. The number of hydrogen-bond donors (Lipinski definition) is 1. The van der Waals surface area contributed by atoms with E-state index in [0.29, 0.717) is 12.1 Å². The van der Waals surface area contributed by atoms with E-state index in [-0.39, 0.29) is 15.7 Å². The Kier molecular flexibility index (Phi) is 2.18. The van der Waals surface area contributed by atoms with Crippen molar-refractivity contribution in [3.05, 3.63) is 22.2 Å². The van der Waals surface area contributed by atoms with Crippen LogP contribution in [0.1, 0.15) is 5.56 Å². The molecule has 0 spiro atoms. The molecule has 88 valence electrons. The number of rotatable bonds is 1. The molecule has 0 saturated carbocycles. The van der Waals surface area contributed by atoms with Gasteiger partial charge in [0.15, 0.2) is 0 Å². The SMILES string of the molecule is Cc1cc(S(F)(F)(F)(F)F)cc(Br)c1N. The van der Waals surface area contributed by atoms with Crippen LogP contribution in [0.5, 0.6) is 0 Å². The summed E-state index contributed by atoms with van der Waals surface area (Å²) in [6, 6.07) is 0.644. The molecule has 0 amide bonds. The van der Waals surface area contributed by atoms with E-state index in [1.54, 1.807) is 0 Å². The van der Waals surface area contributed by atoms with Gasteiger partial charge in [-0.1, -0.05) is 19.4 Å². The molecule has 0 atom stereocenters. The summed E-state index contributed by atoms with van der Waals surface area (Å²) in [5.74, 6) is 0. The van der Waals surface area contributed by atoms with E-state index in [9.17, 15) is 19.4 Å². The fourth-order valence-corrected chi connectivity index (χ4v) is 2.40. The molecule has 0 heterocycles. The van der Waals surface area contributed by atoms with Crippen LogP contribution in [0.15, 0.2) is 21.5 Å². The zero-order chi connectivity index (χ0) is 12.1. The molecule has 15 heavy (non-hydrogen) atoms. The third kappa shape index (κ3) is 2.75. The maximum atomic E-state index is 12.4. The first-order valence-electron chi connectivity index (χ1n) is 3.61. The number of anilines is 1. The summed E-state index contributed by atoms with van der Waals surface area (Å²) < 4.78 is 61.7. The Hall–Kier alpha value is -0.500. The number of nitrogen functional groups attached to an aromatic ring is 1. The minimum Gasteiger partial charge on any atom is -0.398 e. The van der Waals surface area contributed by atoms with Crippen LogP contribution in [0.2, 0.25) is 0 Å². The number of halogens is 6. The van der Waals surface area contributed by atoms with Crippen molar-refractivity contribution in [1.82, 2.24) is 0 Å². The second-order valence-electron chi connectivity index (χ2n) is 3.10. The Morgan fingerprint density at radius 3 is 1.93 bits per heavy atom. The van der Waals surface area contributed by atoms with Crippen LogP contribution in [0, 0.1) is 6.92 Å². The normalized spacial score (nSPS) is 17.0. The molecule has 0 aliphatic carbocycles. The molecular formula is C7H7BrF5NS. The lowest BCUT2D eigenvalue weighted by atomic mass is 10.2. The first-order valence-corrected chi connectivity index (χ1v) is 6.35. The Balaban J connectivity index is 3.58. The summed E-state index contributed by atoms with van der Waals surface area (Å²) in [4.78, 5) is -1.94. The van der Waals surface area contributed by atoms with Gasteiger partial charge < -0.3 is 5.73 Å². The number of aryl methyl sites for hydroxylation is 1. The molecule has 0 saturated heterocycles. The maximum absolute atomic E-state index is 12.4. The molecule has 0 unspecified atom stereocenters. The maximum Gasteiger partial charge on any atom is 0.310 e. The van der Waals surface area contributed by atoms with Crippen LogP contribution < -0.4 is 5.73 Å². The van der Waals surface area contributed by atoms with Crippen molar-refractivity contribution in [3.8, 4) is 0 Å². The average Bonchev–Trinajstić information content (AvgIpc) is 1.94. The van der Waals surface area contributed by atoms with Crippen molar-refractivity contribution in [2.75, 3.05) is 5.73 Å². The predicted molar refractivity (Wildman–Crippen MR) is 54.7 cm³/mol. The molecule has 0 bridgehead atoms. The van der Waals surface area contributed by atoms with Crippen molar-refractivity contribution >= 4 is 31.8 Å². The third-order valence-electron chi connectivity index (χ3n) is 1.76. The summed E-state index contributed by atoms with van der Waals surface area (Å²) in [6.07, 6.45) is 0. The van der Waals surface area contributed by atoms with Gasteiger partial charge in [0.05, 0.1) is 0 Å². The number of benzene rings is 1. The van der Waals surface area contributed by atoms with Crippen LogP contribution >= 0.6 is 26.2 Å². The summed E-state index contributed by atoms with van der Waals surface area (Å²) in [6.45, 7) is 1.23. The van der Waals surface area contributed by atoms with Gasteiger partial charge in [0.2, 0.25) is 0 Å². The highest BCUT2D eigenvalue weighted by Crippen LogP contribution is 3.02. The van der Waals surface area contributed by atoms with Gasteiger partial charge in [0.25, 0.3) is 0 Å². The van der Waals surface area contributed by atoms with E-state index in [0.717, 1.165) is 0 Å². The quantitative estimate of drug-likeness (QED) is 0.573. The third-order valence-corrected chi connectivity index (χ3v) is 3.54. The number of nitrogens with two attached hydrogens (primary N) is 1. The molecule has 0 aliphatic heterocycles. The van der Waals surface area contributed by atoms with Gasteiger partial charge in [-0.25, -0.2) is 0 Å². The molecule has 8 heteroatoms. The molecule has 0 radical (unpaired) electrons. The lowest BCUT2D eigenvalue weighted by Gasteiger charge is -2.40. The fraction of sp³-hybridized carbons (Fsp3) is 0.143. The minimum absolute atomic E-state index is 0.0144. The second kappa shape index (κ2) is 2.60. The molecule has 1 aromatic carbocycles. The molecular weight excluding hydrogens is 305 g/mol. The summed E-state index contributed by atoms with van der Waals surface area (Å²) >= 11 is 2.70. The van der Waals surface area contributed by atoms with E-state index < -0.39 is 15.1 Å². The van der Waals surface area contributed by atoms with E-state index in [2.05, 4.69) is 15.9 Å². The smallest absolute Gasteiger partial charge is 0.310 e. The molecule has 0 fully saturated rings. The predicted octanol–water partition coefficient (Wildman–Crippen LogP) is 5.00. The van der Waals surface area contributed by atoms with Crippen molar-refractivity contribution in [2.45, 2.75) is 11.8 Å². The summed E-state index contributed by atoms with van der Waals surface area (Å²) in [7, 11) is -9.61. The van der Waals surface area contributed by atoms with Crippen LogP contribution in [-0.4, -0.2) is 0 Å². The highest BCUT2D eigenvalue weighted by atomic mass is 79.9. The van der Waals surface area contributed by atoms with Crippen LogP contribution in [0.25, 0.3) is 0 Å². The first-order chi connectivity index (χ1) is 6.31. The topological polar surface area (TPSA) is 26.0 Å². The standard InChI is InChI=1S/C7H7BrF5NS/c1-4-2-5(3-6(8)7(4)14)15(9,10,11,12)13/h2-3H,14H2,1H3. The van der Waals surface area contributed by atoms with Gasteiger partial charge in [-0.05, 0) is 40.5 Å². The highest BCUT2D eigenvalue weighted by molar-refractivity contribution is 9.10. The van der Waals surface area contributed by atoms with Crippen molar-refractivity contribution in [1.29, 1.82) is 0 Å².